The first-order chi connectivity index (χ1) is 6.54. The lowest BCUT2D eigenvalue weighted by Crippen LogP contribution is -2.18. The van der Waals surface area contributed by atoms with Crippen molar-refractivity contribution in [1.82, 2.24) is 0 Å². The number of rotatable bonds is 3. The zero-order chi connectivity index (χ0) is 10.7. The Hall–Kier alpha value is -0.540. The Balaban J connectivity index is 3.02. The lowest BCUT2D eigenvalue weighted by atomic mass is 10.0. The zero-order valence-corrected chi connectivity index (χ0v) is 10.5. The summed E-state index contributed by atoms with van der Waals surface area (Å²) in [4.78, 5) is 0. The van der Waals surface area contributed by atoms with Crippen molar-refractivity contribution in [2.24, 2.45) is 5.73 Å². The summed E-state index contributed by atoms with van der Waals surface area (Å²) < 4.78 is 1.10. The van der Waals surface area contributed by atoms with Crippen molar-refractivity contribution < 1.29 is 0 Å². The fourth-order valence-electron chi connectivity index (χ4n) is 1.48. The van der Waals surface area contributed by atoms with Crippen molar-refractivity contribution >= 4 is 21.6 Å². The highest BCUT2D eigenvalue weighted by molar-refractivity contribution is 9.10. The van der Waals surface area contributed by atoms with E-state index in [4.69, 9.17) is 5.73 Å². The van der Waals surface area contributed by atoms with Crippen molar-refractivity contribution in [3.05, 3.63) is 27.7 Å². The van der Waals surface area contributed by atoms with Crippen LogP contribution in [-0.4, -0.2) is 13.1 Å². The van der Waals surface area contributed by atoms with Gasteiger partial charge in [0.25, 0.3) is 0 Å². The normalized spacial score (nSPS) is 12.6. The Bertz CT molecular complexity index is 321. The van der Waals surface area contributed by atoms with Gasteiger partial charge in [-0.25, -0.2) is 0 Å². The number of nitrogens with two attached hydrogens (primary N) is 1. The second kappa shape index (κ2) is 4.80. The maximum Gasteiger partial charge on any atom is 0.0484 e. The molecule has 0 fully saturated rings. The van der Waals surface area contributed by atoms with Gasteiger partial charge in [-0.1, -0.05) is 0 Å². The lowest BCUT2D eigenvalue weighted by molar-refractivity contribution is 0.734. The molecule has 1 atom stereocenters. The molecule has 0 aromatic heterocycles. The van der Waals surface area contributed by atoms with Crippen LogP contribution in [0.5, 0.6) is 0 Å². The molecule has 0 spiro atoms. The standard InChI is InChI=1S/C11H17BrN2/c1-7-4-11(14-3)10(12)6-9(7)5-8(2)13/h4,6,8,14H,5,13H2,1-3H3. The first-order valence-electron chi connectivity index (χ1n) is 4.77. The molecule has 78 valence electrons. The number of benzene rings is 1. The van der Waals surface area contributed by atoms with E-state index in [2.05, 4.69) is 40.3 Å². The molecule has 14 heavy (non-hydrogen) atoms. The Morgan fingerprint density at radius 1 is 1.50 bits per heavy atom. The van der Waals surface area contributed by atoms with Gasteiger partial charge in [0.2, 0.25) is 0 Å². The van der Waals surface area contributed by atoms with E-state index in [9.17, 15) is 0 Å². The average Bonchev–Trinajstić information content (AvgIpc) is 2.10. The van der Waals surface area contributed by atoms with E-state index in [1.165, 1.54) is 11.1 Å². The third kappa shape index (κ3) is 2.72. The molecule has 3 heteroatoms. The third-order valence-corrected chi connectivity index (χ3v) is 2.89. The van der Waals surface area contributed by atoms with Crippen LogP contribution in [0, 0.1) is 6.92 Å². The molecule has 0 bridgehead atoms. The number of nitrogens with one attached hydrogen (secondary N) is 1. The Kier molecular flexibility index (Phi) is 3.96. The number of halogens is 1. The summed E-state index contributed by atoms with van der Waals surface area (Å²) in [6.45, 7) is 4.14. The van der Waals surface area contributed by atoms with Gasteiger partial charge in [0.05, 0.1) is 0 Å². The van der Waals surface area contributed by atoms with Crippen LogP contribution in [-0.2, 0) is 6.42 Å². The highest BCUT2D eigenvalue weighted by Crippen LogP contribution is 2.26. The van der Waals surface area contributed by atoms with E-state index in [1.807, 2.05) is 14.0 Å². The zero-order valence-electron chi connectivity index (χ0n) is 8.89. The topological polar surface area (TPSA) is 38.0 Å². The van der Waals surface area contributed by atoms with E-state index in [0.29, 0.717) is 0 Å². The van der Waals surface area contributed by atoms with Crippen LogP contribution in [0.1, 0.15) is 18.1 Å². The van der Waals surface area contributed by atoms with Crippen LogP contribution in [0.2, 0.25) is 0 Å². The Morgan fingerprint density at radius 3 is 2.64 bits per heavy atom. The summed E-state index contributed by atoms with van der Waals surface area (Å²) in [5.74, 6) is 0. The molecule has 1 unspecified atom stereocenters. The van der Waals surface area contributed by atoms with Crippen LogP contribution in [0.4, 0.5) is 5.69 Å². The highest BCUT2D eigenvalue weighted by atomic mass is 79.9. The molecule has 0 radical (unpaired) electrons. The third-order valence-electron chi connectivity index (χ3n) is 2.24. The van der Waals surface area contributed by atoms with Crippen molar-refractivity contribution in [2.75, 3.05) is 12.4 Å². The predicted molar refractivity (Wildman–Crippen MR) is 65.8 cm³/mol. The maximum atomic E-state index is 5.78. The molecule has 0 aliphatic rings. The summed E-state index contributed by atoms with van der Waals surface area (Å²) in [6.07, 6.45) is 0.925. The van der Waals surface area contributed by atoms with Crippen LogP contribution >= 0.6 is 15.9 Å². The fraction of sp³-hybridized carbons (Fsp3) is 0.455. The molecule has 1 aromatic rings. The molecule has 0 saturated heterocycles. The van der Waals surface area contributed by atoms with Crippen molar-refractivity contribution in [1.29, 1.82) is 0 Å². The molecule has 2 nitrogen and oxygen atoms in total. The largest absolute Gasteiger partial charge is 0.387 e. The second-order valence-electron chi connectivity index (χ2n) is 3.69. The minimum Gasteiger partial charge on any atom is -0.387 e. The lowest BCUT2D eigenvalue weighted by Gasteiger charge is -2.12. The predicted octanol–water partition coefficient (Wildman–Crippen LogP) is 2.69. The SMILES string of the molecule is CNc1cc(C)c(CC(C)N)cc1Br. The molecule has 0 amide bonds. The van der Waals surface area contributed by atoms with Gasteiger partial charge in [-0.3, -0.25) is 0 Å². The minimum absolute atomic E-state index is 0.209. The smallest absolute Gasteiger partial charge is 0.0484 e. The number of aryl methyl sites for hydroxylation is 1. The summed E-state index contributed by atoms with van der Waals surface area (Å²) in [6, 6.07) is 4.49. The van der Waals surface area contributed by atoms with Gasteiger partial charge in [-0.15, -0.1) is 0 Å². The Labute approximate surface area is 94.0 Å². The van der Waals surface area contributed by atoms with Crippen molar-refractivity contribution in [3.8, 4) is 0 Å². The van der Waals surface area contributed by atoms with Gasteiger partial charge in [-0.05, 0) is 59.5 Å². The van der Waals surface area contributed by atoms with Gasteiger partial charge in [0.1, 0.15) is 0 Å². The molecule has 0 aliphatic heterocycles. The van der Waals surface area contributed by atoms with Crippen molar-refractivity contribution in [2.45, 2.75) is 26.3 Å². The van der Waals surface area contributed by atoms with Crippen LogP contribution < -0.4 is 11.1 Å². The van der Waals surface area contributed by atoms with E-state index >= 15 is 0 Å². The van der Waals surface area contributed by atoms with E-state index in [-0.39, 0.29) is 6.04 Å². The second-order valence-corrected chi connectivity index (χ2v) is 4.54. The van der Waals surface area contributed by atoms with Crippen LogP contribution in [0.3, 0.4) is 0 Å². The minimum atomic E-state index is 0.209. The molecule has 0 saturated carbocycles. The molecular formula is C11H17BrN2. The summed E-state index contributed by atoms with van der Waals surface area (Å²) in [7, 11) is 1.92. The van der Waals surface area contributed by atoms with Gasteiger partial charge >= 0.3 is 0 Å². The molecule has 3 N–H and O–H groups in total. The quantitative estimate of drug-likeness (QED) is 0.873. The molecule has 1 aromatic carbocycles. The first kappa shape index (κ1) is 11.5. The summed E-state index contributed by atoms with van der Waals surface area (Å²) >= 11 is 3.53. The Morgan fingerprint density at radius 2 is 2.14 bits per heavy atom. The van der Waals surface area contributed by atoms with E-state index in [0.717, 1.165) is 16.6 Å². The fourth-order valence-corrected chi connectivity index (χ4v) is 2.07. The highest BCUT2D eigenvalue weighted by Gasteiger charge is 2.06. The molecule has 0 aliphatic carbocycles. The number of hydrogen-bond acceptors (Lipinski definition) is 2. The van der Waals surface area contributed by atoms with Crippen LogP contribution in [0.15, 0.2) is 16.6 Å². The maximum absolute atomic E-state index is 5.78. The number of anilines is 1. The summed E-state index contributed by atoms with van der Waals surface area (Å²) in [5, 5.41) is 3.14. The monoisotopic (exact) mass is 256 g/mol. The van der Waals surface area contributed by atoms with Crippen molar-refractivity contribution in [3.63, 3.8) is 0 Å². The van der Waals surface area contributed by atoms with E-state index < -0.39 is 0 Å². The molecular weight excluding hydrogens is 240 g/mol. The average molecular weight is 257 g/mol. The van der Waals surface area contributed by atoms with Gasteiger partial charge in [-0.2, -0.15) is 0 Å². The molecule has 0 heterocycles. The molecule has 1 rings (SSSR count). The van der Waals surface area contributed by atoms with E-state index in [1.54, 1.807) is 0 Å². The first-order valence-corrected chi connectivity index (χ1v) is 5.56. The van der Waals surface area contributed by atoms with Crippen LogP contribution in [0.25, 0.3) is 0 Å². The summed E-state index contributed by atoms with van der Waals surface area (Å²) in [5.41, 5.74) is 9.50. The van der Waals surface area contributed by atoms with Gasteiger partial charge < -0.3 is 11.1 Å². The van der Waals surface area contributed by atoms with Gasteiger partial charge in [0.15, 0.2) is 0 Å². The van der Waals surface area contributed by atoms with Gasteiger partial charge in [0, 0.05) is 23.2 Å². The number of hydrogen-bond donors (Lipinski definition) is 2.